The van der Waals surface area contributed by atoms with Gasteiger partial charge in [-0.15, -0.1) is 0 Å². The average molecular weight is 473 g/mol. The van der Waals surface area contributed by atoms with Crippen molar-refractivity contribution < 1.29 is 37.3 Å². The predicted molar refractivity (Wildman–Crippen MR) is 112 cm³/mol. The summed E-state index contributed by atoms with van der Waals surface area (Å²) in [4.78, 5) is 27.9. The largest absolute Gasteiger partial charge is 0.490 e. The molecule has 1 aromatic rings. The molecule has 0 bridgehead atoms. The normalized spacial score (nSPS) is 22.4. The second kappa shape index (κ2) is 10.8. The number of likely N-dealkylation sites (tertiary alicyclic amines) is 1. The molecule has 2 aliphatic heterocycles. The summed E-state index contributed by atoms with van der Waals surface area (Å²) in [6.07, 6.45) is 1.70. The molecule has 4 rings (SSSR count). The molecule has 184 valence electrons. The van der Waals surface area contributed by atoms with Crippen molar-refractivity contribution in [1.82, 2.24) is 9.88 Å². The van der Waals surface area contributed by atoms with Crippen LogP contribution in [0.1, 0.15) is 49.9 Å². The Morgan fingerprint density at radius 1 is 1.27 bits per heavy atom. The van der Waals surface area contributed by atoms with Gasteiger partial charge in [0.1, 0.15) is 0 Å². The minimum absolute atomic E-state index is 0.175. The van der Waals surface area contributed by atoms with Crippen LogP contribution in [0.25, 0.3) is 0 Å². The van der Waals surface area contributed by atoms with E-state index in [2.05, 4.69) is 9.88 Å². The molecule has 1 aromatic heterocycles. The lowest BCUT2D eigenvalue weighted by atomic mass is 9.76. The molecule has 2 saturated heterocycles. The number of piperidine rings is 1. The third kappa shape index (κ3) is 7.14. The second-order valence-electron chi connectivity index (χ2n) is 9.18. The lowest BCUT2D eigenvalue weighted by Gasteiger charge is -2.41. The number of carboxylic acids is 1. The molecule has 10 heteroatoms. The number of carboxylic acid groups (broad SMARTS) is 1. The number of aryl methyl sites for hydroxylation is 1. The van der Waals surface area contributed by atoms with E-state index in [1.807, 2.05) is 25.1 Å². The fourth-order valence-corrected chi connectivity index (χ4v) is 4.44. The minimum Gasteiger partial charge on any atom is -0.475 e. The average Bonchev–Trinajstić information content (AvgIpc) is 3.09. The van der Waals surface area contributed by atoms with Gasteiger partial charge in [-0.1, -0.05) is 12.5 Å². The van der Waals surface area contributed by atoms with E-state index in [4.69, 9.17) is 19.4 Å². The molecule has 0 aromatic carbocycles. The van der Waals surface area contributed by atoms with Crippen LogP contribution in [0.15, 0.2) is 18.2 Å². The van der Waals surface area contributed by atoms with Crippen LogP contribution in [0, 0.1) is 18.3 Å². The Hall–Kier alpha value is -2.20. The standard InChI is InChI=1S/C21H30N2O3.C2HF3O2/c1-16-4-2-7-18(22-16)13-25-14-19-12-21(15-26-19)8-10-23(11-9-21)20(24)17-5-3-6-17;3-2(4,5)1(6)7/h2,4,7,17,19H,3,5-6,8-15H2,1H3;(H,6,7). The first kappa shape index (κ1) is 25.4. The highest BCUT2D eigenvalue weighted by molar-refractivity contribution is 5.79. The van der Waals surface area contributed by atoms with E-state index in [-0.39, 0.29) is 11.5 Å². The number of alkyl halides is 3. The quantitative estimate of drug-likeness (QED) is 0.703. The Morgan fingerprint density at radius 2 is 1.94 bits per heavy atom. The Bertz CT molecular complexity index is 821. The SMILES string of the molecule is Cc1cccc(COCC2CC3(CCN(C(=O)C4CCC4)CC3)CO2)n1.O=C(O)C(F)(F)F. The van der Waals surface area contributed by atoms with Gasteiger partial charge in [0.25, 0.3) is 0 Å². The number of carbonyl (C=O) groups is 2. The number of ether oxygens (including phenoxy) is 2. The highest BCUT2D eigenvalue weighted by Crippen LogP contribution is 2.42. The van der Waals surface area contributed by atoms with Gasteiger partial charge in [-0.2, -0.15) is 13.2 Å². The van der Waals surface area contributed by atoms with Crippen LogP contribution < -0.4 is 0 Å². The molecular formula is C23H31F3N2O5. The van der Waals surface area contributed by atoms with E-state index in [9.17, 15) is 18.0 Å². The third-order valence-electron chi connectivity index (χ3n) is 6.62. The maximum absolute atomic E-state index is 12.4. The van der Waals surface area contributed by atoms with Crippen molar-refractivity contribution in [3.63, 3.8) is 0 Å². The molecule has 1 aliphatic carbocycles. The van der Waals surface area contributed by atoms with Crippen molar-refractivity contribution in [2.24, 2.45) is 11.3 Å². The maximum atomic E-state index is 12.4. The molecule has 0 radical (unpaired) electrons. The zero-order valence-corrected chi connectivity index (χ0v) is 18.8. The van der Waals surface area contributed by atoms with Crippen molar-refractivity contribution in [1.29, 1.82) is 0 Å². The Kier molecular flexibility index (Phi) is 8.33. The second-order valence-corrected chi connectivity index (χ2v) is 9.18. The van der Waals surface area contributed by atoms with Gasteiger partial charge in [0.2, 0.25) is 5.91 Å². The third-order valence-corrected chi connectivity index (χ3v) is 6.62. The van der Waals surface area contributed by atoms with Crippen LogP contribution in [0.3, 0.4) is 0 Å². The molecule has 1 atom stereocenters. The molecular weight excluding hydrogens is 441 g/mol. The Morgan fingerprint density at radius 3 is 2.48 bits per heavy atom. The number of carbonyl (C=O) groups excluding carboxylic acids is 1. The summed E-state index contributed by atoms with van der Waals surface area (Å²) in [7, 11) is 0. The number of hydrogen-bond acceptors (Lipinski definition) is 5. The van der Waals surface area contributed by atoms with Crippen LogP contribution in [-0.4, -0.2) is 65.5 Å². The summed E-state index contributed by atoms with van der Waals surface area (Å²) in [6, 6.07) is 6.01. The zero-order chi connectivity index (χ0) is 24.1. The summed E-state index contributed by atoms with van der Waals surface area (Å²) in [6.45, 7) is 5.78. The van der Waals surface area contributed by atoms with Crippen molar-refractivity contribution in [2.75, 3.05) is 26.3 Å². The van der Waals surface area contributed by atoms with E-state index >= 15 is 0 Å². The number of nitrogens with zero attached hydrogens (tertiary/aromatic N) is 2. The number of aromatic nitrogens is 1. The van der Waals surface area contributed by atoms with E-state index in [0.29, 0.717) is 25.0 Å². The Balaban J connectivity index is 0.000000383. The molecule has 3 aliphatic rings. The van der Waals surface area contributed by atoms with Gasteiger partial charge in [-0.05, 0) is 56.6 Å². The topological polar surface area (TPSA) is 89.0 Å². The summed E-state index contributed by atoms with van der Waals surface area (Å²) >= 11 is 0. The molecule has 1 saturated carbocycles. The summed E-state index contributed by atoms with van der Waals surface area (Å²) < 4.78 is 43.6. The molecule has 3 heterocycles. The van der Waals surface area contributed by atoms with E-state index in [1.165, 1.54) is 6.42 Å². The van der Waals surface area contributed by atoms with Crippen LogP contribution in [0.2, 0.25) is 0 Å². The van der Waals surface area contributed by atoms with Gasteiger partial charge in [0, 0.05) is 24.7 Å². The summed E-state index contributed by atoms with van der Waals surface area (Å²) in [5.74, 6) is -2.04. The van der Waals surface area contributed by atoms with Gasteiger partial charge >= 0.3 is 12.1 Å². The predicted octanol–water partition coefficient (Wildman–Crippen LogP) is 3.74. The Labute approximate surface area is 191 Å². The number of rotatable bonds is 5. The lowest BCUT2D eigenvalue weighted by molar-refractivity contribution is -0.192. The van der Waals surface area contributed by atoms with Crippen molar-refractivity contribution in [2.45, 2.75) is 64.3 Å². The molecule has 1 unspecified atom stereocenters. The summed E-state index contributed by atoms with van der Waals surface area (Å²) in [5.41, 5.74) is 2.25. The number of amides is 1. The zero-order valence-electron chi connectivity index (χ0n) is 18.8. The van der Waals surface area contributed by atoms with Gasteiger partial charge < -0.3 is 19.5 Å². The van der Waals surface area contributed by atoms with Crippen LogP contribution in [0.5, 0.6) is 0 Å². The fourth-order valence-electron chi connectivity index (χ4n) is 4.44. The fraction of sp³-hybridized carbons (Fsp3) is 0.696. The molecule has 7 nitrogen and oxygen atoms in total. The molecule has 33 heavy (non-hydrogen) atoms. The highest BCUT2D eigenvalue weighted by Gasteiger charge is 2.44. The number of pyridine rings is 1. The van der Waals surface area contributed by atoms with E-state index in [0.717, 1.165) is 63.2 Å². The highest BCUT2D eigenvalue weighted by atomic mass is 19.4. The molecule has 1 N–H and O–H groups in total. The summed E-state index contributed by atoms with van der Waals surface area (Å²) in [5, 5.41) is 7.12. The van der Waals surface area contributed by atoms with Gasteiger partial charge in [0.05, 0.1) is 31.6 Å². The van der Waals surface area contributed by atoms with Gasteiger partial charge in [-0.25, -0.2) is 4.79 Å². The van der Waals surface area contributed by atoms with Crippen LogP contribution >= 0.6 is 0 Å². The van der Waals surface area contributed by atoms with Crippen LogP contribution in [0.4, 0.5) is 13.2 Å². The first-order valence-electron chi connectivity index (χ1n) is 11.3. The van der Waals surface area contributed by atoms with Crippen LogP contribution in [-0.2, 0) is 25.7 Å². The van der Waals surface area contributed by atoms with Gasteiger partial charge in [0.15, 0.2) is 0 Å². The molecule has 1 amide bonds. The first-order chi connectivity index (χ1) is 15.6. The molecule has 3 fully saturated rings. The maximum Gasteiger partial charge on any atom is 0.490 e. The van der Waals surface area contributed by atoms with Gasteiger partial charge in [-0.3, -0.25) is 9.78 Å². The number of hydrogen-bond donors (Lipinski definition) is 1. The van der Waals surface area contributed by atoms with E-state index in [1.54, 1.807) is 0 Å². The minimum atomic E-state index is -5.08. The van der Waals surface area contributed by atoms with Crippen molar-refractivity contribution in [3.05, 3.63) is 29.6 Å². The molecule has 1 spiro atoms. The lowest BCUT2D eigenvalue weighted by Crippen LogP contribution is -2.46. The number of halogens is 3. The van der Waals surface area contributed by atoms with Crippen molar-refractivity contribution >= 4 is 11.9 Å². The van der Waals surface area contributed by atoms with E-state index < -0.39 is 12.1 Å². The van der Waals surface area contributed by atoms with Crippen molar-refractivity contribution in [3.8, 4) is 0 Å². The smallest absolute Gasteiger partial charge is 0.475 e. The number of aliphatic carboxylic acids is 1. The first-order valence-corrected chi connectivity index (χ1v) is 11.3. The monoisotopic (exact) mass is 472 g/mol.